The van der Waals surface area contributed by atoms with Gasteiger partial charge in [0.05, 0.1) is 5.52 Å². The minimum Gasteiger partial charge on any atom is -0.410 e. The largest absolute Gasteiger partial charge is 0.415 e. The van der Waals surface area contributed by atoms with Crippen LogP contribution in [-0.4, -0.2) is 29.1 Å². The molecule has 3 aromatic rings. The number of amides is 1. The lowest BCUT2D eigenvalue weighted by molar-refractivity contribution is 0.148. The molecule has 26 heavy (non-hydrogen) atoms. The van der Waals surface area contributed by atoms with Crippen molar-refractivity contribution in [2.24, 2.45) is 0 Å². The van der Waals surface area contributed by atoms with Gasteiger partial charge in [-0.05, 0) is 37.6 Å². The number of aromatic nitrogens is 1. The van der Waals surface area contributed by atoms with Gasteiger partial charge >= 0.3 is 6.09 Å². The number of pyridine rings is 1. The average Bonchev–Trinajstić information content (AvgIpc) is 2.69. The number of para-hydroxylation sites is 1. The summed E-state index contributed by atoms with van der Waals surface area (Å²) in [6.07, 6.45) is 3.33. The Bertz CT molecular complexity index is 910. The van der Waals surface area contributed by atoms with Crippen LogP contribution in [0.1, 0.15) is 25.0 Å². The Labute approximate surface area is 153 Å². The van der Waals surface area contributed by atoms with Gasteiger partial charge in [-0.25, -0.2) is 4.79 Å². The average molecular weight is 346 g/mol. The zero-order valence-electron chi connectivity index (χ0n) is 15.1. The van der Waals surface area contributed by atoms with Gasteiger partial charge in [-0.15, -0.1) is 0 Å². The van der Waals surface area contributed by atoms with Crippen LogP contribution in [0.2, 0.25) is 0 Å². The summed E-state index contributed by atoms with van der Waals surface area (Å²) in [6.45, 7) is 5.09. The van der Waals surface area contributed by atoms with Gasteiger partial charge in [0, 0.05) is 30.2 Å². The molecule has 0 atom stereocenters. The zero-order chi connectivity index (χ0) is 18.4. The van der Waals surface area contributed by atoms with E-state index in [4.69, 9.17) is 4.74 Å². The second-order valence-electron chi connectivity index (χ2n) is 5.83. The second-order valence-corrected chi connectivity index (χ2v) is 5.83. The molecule has 0 saturated heterocycles. The van der Waals surface area contributed by atoms with Crippen LogP contribution in [0.4, 0.5) is 4.79 Å². The fourth-order valence-corrected chi connectivity index (χ4v) is 2.80. The number of nitrogens with zero attached hydrogens (tertiary/aromatic N) is 2. The lowest BCUT2D eigenvalue weighted by Crippen LogP contribution is -2.30. The Kier molecular flexibility index (Phi) is 5.64. The molecule has 1 amide bonds. The Morgan fingerprint density at radius 1 is 1.00 bits per heavy atom. The fraction of sp³-hybridized carbons (Fsp3) is 0.182. The van der Waals surface area contributed by atoms with Gasteiger partial charge in [0.15, 0.2) is 0 Å². The molecule has 0 aliphatic carbocycles. The predicted octanol–water partition coefficient (Wildman–Crippen LogP) is 5.21. The van der Waals surface area contributed by atoms with Crippen molar-refractivity contribution >= 4 is 28.8 Å². The molecule has 4 nitrogen and oxygen atoms in total. The molecule has 3 rings (SSSR count). The van der Waals surface area contributed by atoms with Crippen LogP contribution < -0.4 is 0 Å². The van der Waals surface area contributed by atoms with Crippen LogP contribution in [-0.2, 0) is 4.74 Å². The molecule has 0 aliphatic heterocycles. The SMILES string of the molecule is CCN(CC)C(=O)O/C(=C\c1ccnc2ccccc12)c1ccccc1. The number of carbonyl (C=O) groups excluding carboxylic acids is 1. The van der Waals surface area contributed by atoms with E-state index in [2.05, 4.69) is 4.98 Å². The van der Waals surface area contributed by atoms with E-state index < -0.39 is 0 Å². The monoisotopic (exact) mass is 346 g/mol. The van der Waals surface area contributed by atoms with Gasteiger partial charge in [-0.3, -0.25) is 4.98 Å². The Morgan fingerprint density at radius 3 is 2.42 bits per heavy atom. The van der Waals surface area contributed by atoms with Crippen LogP contribution in [0.25, 0.3) is 22.7 Å². The molecule has 4 heteroatoms. The van der Waals surface area contributed by atoms with Crippen molar-refractivity contribution in [2.45, 2.75) is 13.8 Å². The molecule has 0 saturated carbocycles. The quantitative estimate of drug-likeness (QED) is 0.596. The van der Waals surface area contributed by atoms with E-state index >= 15 is 0 Å². The highest BCUT2D eigenvalue weighted by Crippen LogP contribution is 2.24. The van der Waals surface area contributed by atoms with Gasteiger partial charge in [-0.2, -0.15) is 0 Å². The maximum atomic E-state index is 12.5. The third-order valence-electron chi connectivity index (χ3n) is 4.25. The summed E-state index contributed by atoms with van der Waals surface area (Å²) in [6, 6.07) is 19.5. The lowest BCUT2D eigenvalue weighted by Gasteiger charge is -2.19. The van der Waals surface area contributed by atoms with E-state index in [1.165, 1.54) is 0 Å². The minimum absolute atomic E-state index is 0.344. The lowest BCUT2D eigenvalue weighted by atomic mass is 10.1. The third kappa shape index (κ3) is 3.91. The first-order valence-electron chi connectivity index (χ1n) is 8.80. The fourth-order valence-electron chi connectivity index (χ4n) is 2.80. The number of rotatable bonds is 5. The van der Waals surface area contributed by atoms with Crippen molar-refractivity contribution in [1.29, 1.82) is 0 Å². The van der Waals surface area contributed by atoms with Crippen molar-refractivity contribution < 1.29 is 9.53 Å². The summed E-state index contributed by atoms with van der Waals surface area (Å²) in [5.41, 5.74) is 2.72. The van der Waals surface area contributed by atoms with Gasteiger partial charge in [0.1, 0.15) is 5.76 Å². The number of hydrogen-bond acceptors (Lipinski definition) is 3. The van der Waals surface area contributed by atoms with Crippen LogP contribution >= 0.6 is 0 Å². The topological polar surface area (TPSA) is 42.4 Å². The zero-order valence-corrected chi connectivity index (χ0v) is 15.1. The number of benzene rings is 2. The molecule has 0 radical (unpaired) electrons. The Morgan fingerprint density at radius 2 is 1.69 bits per heavy atom. The molecule has 0 fully saturated rings. The molecule has 2 aromatic carbocycles. The first-order valence-corrected chi connectivity index (χ1v) is 8.80. The summed E-state index contributed by atoms with van der Waals surface area (Å²) in [5, 5.41) is 1.02. The van der Waals surface area contributed by atoms with Crippen LogP contribution in [0.5, 0.6) is 0 Å². The number of carbonyl (C=O) groups is 1. The summed E-state index contributed by atoms with van der Waals surface area (Å²) in [4.78, 5) is 18.5. The number of fused-ring (bicyclic) bond motifs is 1. The molecule has 1 heterocycles. The molecule has 0 bridgehead atoms. The second kappa shape index (κ2) is 8.30. The first kappa shape index (κ1) is 17.7. The standard InChI is InChI=1S/C22H22N2O2/c1-3-24(4-2)22(25)26-21(17-10-6-5-7-11-17)16-18-14-15-23-20-13-9-8-12-19(18)20/h5-16H,3-4H2,1-2H3/b21-16-. The van der Waals surface area contributed by atoms with E-state index in [-0.39, 0.29) is 6.09 Å². The van der Waals surface area contributed by atoms with E-state index in [1.807, 2.05) is 80.6 Å². The highest BCUT2D eigenvalue weighted by molar-refractivity contribution is 5.93. The van der Waals surface area contributed by atoms with Crippen molar-refractivity contribution in [1.82, 2.24) is 9.88 Å². The Hall–Kier alpha value is -3.14. The van der Waals surface area contributed by atoms with Crippen molar-refractivity contribution in [3.05, 3.63) is 78.0 Å². The molecular weight excluding hydrogens is 324 g/mol. The van der Waals surface area contributed by atoms with Crippen LogP contribution in [0.3, 0.4) is 0 Å². The molecular formula is C22H22N2O2. The van der Waals surface area contributed by atoms with E-state index in [1.54, 1.807) is 11.1 Å². The van der Waals surface area contributed by atoms with Crippen LogP contribution in [0.15, 0.2) is 66.9 Å². The van der Waals surface area contributed by atoms with Gasteiger partial charge in [0.25, 0.3) is 0 Å². The van der Waals surface area contributed by atoms with E-state index in [9.17, 15) is 4.79 Å². The van der Waals surface area contributed by atoms with Crippen molar-refractivity contribution in [2.75, 3.05) is 13.1 Å². The van der Waals surface area contributed by atoms with Gasteiger partial charge in [0.2, 0.25) is 0 Å². The highest BCUT2D eigenvalue weighted by Gasteiger charge is 2.15. The van der Waals surface area contributed by atoms with Gasteiger partial charge < -0.3 is 9.64 Å². The molecule has 0 N–H and O–H groups in total. The molecule has 132 valence electrons. The smallest absolute Gasteiger partial charge is 0.410 e. The number of ether oxygens (including phenoxy) is 1. The van der Waals surface area contributed by atoms with Crippen LogP contribution in [0, 0.1) is 0 Å². The van der Waals surface area contributed by atoms with Gasteiger partial charge in [-0.1, -0.05) is 48.5 Å². The molecule has 0 unspecified atom stereocenters. The summed E-state index contributed by atoms with van der Waals surface area (Å²) in [5.74, 6) is 0.527. The third-order valence-corrected chi connectivity index (χ3v) is 4.25. The molecule has 1 aromatic heterocycles. The summed E-state index contributed by atoms with van der Waals surface area (Å²) < 4.78 is 5.76. The maximum absolute atomic E-state index is 12.5. The summed E-state index contributed by atoms with van der Waals surface area (Å²) in [7, 11) is 0. The van der Waals surface area contributed by atoms with E-state index in [0.29, 0.717) is 18.8 Å². The summed E-state index contributed by atoms with van der Waals surface area (Å²) >= 11 is 0. The highest BCUT2D eigenvalue weighted by atomic mass is 16.6. The predicted molar refractivity (Wildman–Crippen MR) is 105 cm³/mol. The Balaban J connectivity index is 2.05. The maximum Gasteiger partial charge on any atom is 0.415 e. The minimum atomic E-state index is -0.344. The van der Waals surface area contributed by atoms with E-state index in [0.717, 1.165) is 22.0 Å². The molecule has 0 spiro atoms. The normalized spacial score (nSPS) is 11.4. The molecule has 0 aliphatic rings. The number of hydrogen-bond donors (Lipinski definition) is 0. The first-order chi connectivity index (χ1) is 12.7. The van der Waals surface area contributed by atoms with Crippen molar-refractivity contribution in [3.8, 4) is 0 Å². The van der Waals surface area contributed by atoms with Crippen molar-refractivity contribution in [3.63, 3.8) is 0 Å².